The minimum absolute atomic E-state index is 0.280. The van der Waals surface area contributed by atoms with E-state index < -0.39 is 0 Å². The summed E-state index contributed by atoms with van der Waals surface area (Å²) < 4.78 is 17.3. The summed E-state index contributed by atoms with van der Waals surface area (Å²) in [6, 6.07) is 94.4. The number of hydrogen-bond donors (Lipinski definition) is 0. The van der Waals surface area contributed by atoms with Crippen molar-refractivity contribution >= 4 is 65.6 Å². The summed E-state index contributed by atoms with van der Waals surface area (Å²) in [4.78, 5) is 4.53. The average molecular weight is 943 g/mol. The lowest BCUT2D eigenvalue weighted by Crippen LogP contribution is -2.23. The van der Waals surface area contributed by atoms with Crippen LogP contribution in [0.1, 0.15) is 23.6 Å². The van der Waals surface area contributed by atoms with E-state index in [0.29, 0.717) is 0 Å². The van der Waals surface area contributed by atoms with Crippen molar-refractivity contribution < 1.29 is 4.39 Å². The lowest BCUT2D eigenvalue weighted by Gasteiger charge is -2.30. The zero-order chi connectivity index (χ0) is 48.2. The van der Waals surface area contributed by atoms with E-state index in [2.05, 4.69) is 247 Å². The summed E-state index contributed by atoms with van der Waals surface area (Å²) in [6.07, 6.45) is 0. The summed E-state index contributed by atoms with van der Waals surface area (Å²) in [7, 11) is 0. The number of anilines is 6. The summed E-state index contributed by atoms with van der Waals surface area (Å²) in [5.74, 6) is -0.280. The van der Waals surface area contributed by atoms with Gasteiger partial charge in [-0.3, -0.25) is 0 Å². The van der Waals surface area contributed by atoms with Gasteiger partial charge in [-0.2, -0.15) is 0 Å². The first kappa shape index (κ1) is 43.2. The standard InChI is InChI=1S/C68H47FN2S/c1-68(50-21-8-3-9-22-50)64-34-15-14-29-60(64)61-32-17-30-58(66(61)68)47-35-40-65-63(44-47)62-33-18-31-59(67(62)72-65)49-41-48(46-19-6-2-7-20-46)42-57(43-49)71(54-38-36-51(69)37-39-54)56-28-16-27-55(45-56)70(52-23-10-4-11-24-52)53-25-12-5-13-26-53/h2-45H,1H3. The number of hydrogen-bond acceptors (Lipinski definition) is 3. The average Bonchev–Trinajstić information content (AvgIpc) is 3.95. The van der Waals surface area contributed by atoms with Gasteiger partial charge in [-0.05, 0) is 165 Å². The molecule has 2 nitrogen and oxygen atoms in total. The molecular formula is C68H47FN2S. The second-order valence-corrected chi connectivity index (χ2v) is 19.8. The van der Waals surface area contributed by atoms with Gasteiger partial charge < -0.3 is 9.80 Å². The molecule has 0 amide bonds. The Morgan fingerprint density at radius 2 is 0.889 bits per heavy atom. The predicted molar refractivity (Wildman–Crippen MR) is 302 cm³/mol. The summed E-state index contributed by atoms with van der Waals surface area (Å²) in [6.45, 7) is 2.40. The normalized spacial score (nSPS) is 13.8. The first-order valence-corrected chi connectivity index (χ1v) is 25.3. The molecule has 1 aliphatic rings. The molecule has 13 rings (SSSR count). The van der Waals surface area contributed by atoms with Crippen molar-refractivity contribution in [2.24, 2.45) is 0 Å². The van der Waals surface area contributed by atoms with Gasteiger partial charge in [0.05, 0.1) is 0 Å². The van der Waals surface area contributed by atoms with Crippen molar-refractivity contribution in [3.8, 4) is 44.5 Å². The third-order valence-corrected chi connectivity index (χ3v) is 15.8. The molecule has 1 atom stereocenters. The molecule has 12 aromatic rings. The van der Waals surface area contributed by atoms with Crippen LogP contribution in [0.15, 0.2) is 267 Å². The minimum Gasteiger partial charge on any atom is -0.310 e. The summed E-state index contributed by atoms with van der Waals surface area (Å²) >= 11 is 1.85. The topological polar surface area (TPSA) is 6.48 Å². The monoisotopic (exact) mass is 942 g/mol. The third-order valence-electron chi connectivity index (χ3n) is 14.5. The molecule has 1 heterocycles. The molecule has 1 unspecified atom stereocenters. The van der Waals surface area contributed by atoms with E-state index in [1.807, 2.05) is 35.6 Å². The van der Waals surface area contributed by atoms with E-state index in [0.717, 1.165) is 56.4 Å². The van der Waals surface area contributed by atoms with Gasteiger partial charge in [-0.1, -0.05) is 170 Å². The van der Waals surface area contributed by atoms with Gasteiger partial charge in [0, 0.05) is 59.7 Å². The second kappa shape index (κ2) is 17.8. The van der Waals surface area contributed by atoms with Crippen LogP contribution >= 0.6 is 11.3 Å². The zero-order valence-electron chi connectivity index (χ0n) is 39.6. The van der Waals surface area contributed by atoms with E-state index in [-0.39, 0.29) is 11.2 Å². The molecular weight excluding hydrogens is 896 g/mol. The Balaban J connectivity index is 0.977. The highest BCUT2D eigenvalue weighted by Crippen LogP contribution is 2.56. The maximum absolute atomic E-state index is 14.8. The fraction of sp³-hybridized carbons (Fsp3) is 0.0294. The number of halogens is 1. The van der Waals surface area contributed by atoms with Crippen LogP contribution in [0.2, 0.25) is 0 Å². The van der Waals surface area contributed by atoms with Gasteiger partial charge in [0.1, 0.15) is 5.82 Å². The SMILES string of the molecule is CC1(c2ccccc2)c2ccccc2-c2cccc(-c3ccc4sc5c(-c6cc(-c7ccccc7)cc(N(c7ccc(F)cc7)c7cccc(N(c8ccccc8)c8ccccc8)c7)c6)cccc5c4c3)c21. The highest BCUT2D eigenvalue weighted by Gasteiger charge is 2.42. The maximum Gasteiger partial charge on any atom is 0.123 e. The molecule has 11 aromatic carbocycles. The van der Waals surface area contributed by atoms with Crippen LogP contribution in [-0.4, -0.2) is 0 Å². The molecule has 342 valence electrons. The summed E-state index contributed by atoms with van der Waals surface area (Å²) in [5, 5.41) is 2.47. The third kappa shape index (κ3) is 7.39. The van der Waals surface area contributed by atoms with Gasteiger partial charge in [0.15, 0.2) is 0 Å². The minimum atomic E-state index is -0.323. The van der Waals surface area contributed by atoms with Gasteiger partial charge in [-0.25, -0.2) is 4.39 Å². The molecule has 4 heteroatoms. The molecule has 1 aliphatic carbocycles. The van der Waals surface area contributed by atoms with Gasteiger partial charge in [0.25, 0.3) is 0 Å². The van der Waals surface area contributed by atoms with E-state index in [1.165, 1.54) is 59.1 Å². The Morgan fingerprint density at radius 3 is 1.61 bits per heavy atom. The van der Waals surface area contributed by atoms with Gasteiger partial charge in [0.2, 0.25) is 0 Å². The van der Waals surface area contributed by atoms with Crippen molar-refractivity contribution in [2.45, 2.75) is 12.3 Å². The molecule has 0 aliphatic heterocycles. The van der Waals surface area contributed by atoms with Crippen LogP contribution in [0.25, 0.3) is 64.7 Å². The maximum atomic E-state index is 14.8. The number of rotatable bonds is 10. The van der Waals surface area contributed by atoms with E-state index >= 15 is 0 Å². The van der Waals surface area contributed by atoms with Crippen LogP contribution in [0, 0.1) is 5.82 Å². The summed E-state index contributed by atoms with van der Waals surface area (Å²) in [5.41, 5.74) is 19.0. The van der Waals surface area contributed by atoms with Crippen molar-refractivity contribution in [2.75, 3.05) is 9.80 Å². The Bertz CT molecular complexity index is 3910. The number of thiophene rings is 1. The largest absolute Gasteiger partial charge is 0.310 e. The lowest BCUT2D eigenvalue weighted by molar-refractivity contribution is 0.628. The Hall–Kier alpha value is -8.83. The quantitative estimate of drug-likeness (QED) is 0.135. The van der Waals surface area contributed by atoms with Crippen molar-refractivity contribution in [3.05, 3.63) is 289 Å². The van der Waals surface area contributed by atoms with Gasteiger partial charge >= 0.3 is 0 Å². The smallest absolute Gasteiger partial charge is 0.123 e. The second-order valence-electron chi connectivity index (χ2n) is 18.7. The molecule has 0 saturated carbocycles. The van der Waals surface area contributed by atoms with Crippen molar-refractivity contribution in [3.63, 3.8) is 0 Å². The Labute approximate surface area is 423 Å². The molecule has 0 spiro atoms. The molecule has 0 radical (unpaired) electrons. The van der Waals surface area contributed by atoms with Crippen LogP contribution in [0.4, 0.5) is 38.5 Å². The zero-order valence-corrected chi connectivity index (χ0v) is 40.4. The highest BCUT2D eigenvalue weighted by atomic mass is 32.1. The van der Waals surface area contributed by atoms with Crippen molar-refractivity contribution in [1.29, 1.82) is 0 Å². The Morgan fingerprint density at radius 1 is 0.347 bits per heavy atom. The lowest BCUT2D eigenvalue weighted by atomic mass is 9.72. The number of benzene rings is 11. The van der Waals surface area contributed by atoms with Crippen LogP contribution in [-0.2, 0) is 5.41 Å². The highest BCUT2D eigenvalue weighted by molar-refractivity contribution is 7.26. The van der Waals surface area contributed by atoms with Gasteiger partial charge in [-0.15, -0.1) is 11.3 Å². The van der Waals surface area contributed by atoms with E-state index in [4.69, 9.17) is 0 Å². The predicted octanol–water partition coefficient (Wildman–Crippen LogP) is 19.5. The van der Waals surface area contributed by atoms with E-state index in [9.17, 15) is 4.39 Å². The Kier molecular flexibility index (Phi) is 10.7. The number of para-hydroxylation sites is 2. The molecule has 1 aromatic heterocycles. The van der Waals surface area contributed by atoms with E-state index in [1.54, 1.807) is 12.1 Å². The van der Waals surface area contributed by atoms with Crippen molar-refractivity contribution in [1.82, 2.24) is 0 Å². The van der Waals surface area contributed by atoms with Crippen LogP contribution < -0.4 is 9.80 Å². The first-order valence-electron chi connectivity index (χ1n) is 24.5. The fourth-order valence-electron chi connectivity index (χ4n) is 11.2. The number of fused-ring (bicyclic) bond motifs is 6. The fourth-order valence-corrected chi connectivity index (χ4v) is 12.4. The first-order chi connectivity index (χ1) is 35.5. The molecule has 0 fully saturated rings. The van der Waals surface area contributed by atoms with Crippen LogP contribution in [0.3, 0.4) is 0 Å². The molecule has 72 heavy (non-hydrogen) atoms. The molecule has 0 saturated heterocycles. The molecule has 0 bridgehead atoms. The molecule has 0 N–H and O–H groups in total. The van der Waals surface area contributed by atoms with Crippen LogP contribution in [0.5, 0.6) is 0 Å². The number of nitrogens with zero attached hydrogens (tertiary/aromatic N) is 2.